The number of benzene rings is 1. The van der Waals surface area contributed by atoms with Gasteiger partial charge in [0, 0.05) is 12.1 Å². The zero-order valence-electron chi connectivity index (χ0n) is 12.7. The fraction of sp³-hybridized carbons (Fsp3) is 0.625. The van der Waals surface area contributed by atoms with Crippen LogP contribution in [0.25, 0.3) is 0 Å². The maximum atomic E-state index is 13.7. The van der Waals surface area contributed by atoms with Gasteiger partial charge >= 0.3 is 0 Å². The van der Waals surface area contributed by atoms with Crippen LogP contribution in [0.4, 0.5) is 4.39 Å². The van der Waals surface area contributed by atoms with E-state index in [0.717, 1.165) is 18.7 Å². The molecule has 2 nitrogen and oxygen atoms in total. The van der Waals surface area contributed by atoms with E-state index in [4.69, 9.17) is 4.74 Å². The van der Waals surface area contributed by atoms with Gasteiger partial charge in [0.25, 0.3) is 0 Å². The molecule has 0 fully saturated rings. The molecule has 0 saturated carbocycles. The first-order valence-corrected chi connectivity index (χ1v) is 6.90. The number of hydrogen-bond donors (Lipinski definition) is 1. The largest absolute Gasteiger partial charge is 0.371 e. The second-order valence-electron chi connectivity index (χ2n) is 6.35. The fourth-order valence-electron chi connectivity index (χ4n) is 1.65. The maximum absolute atomic E-state index is 13.7. The second-order valence-corrected chi connectivity index (χ2v) is 6.35. The summed E-state index contributed by atoms with van der Waals surface area (Å²) in [5.41, 5.74) is 1.46. The smallest absolute Gasteiger partial charge is 0.128 e. The van der Waals surface area contributed by atoms with Gasteiger partial charge in [-0.15, -0.1) is 0 Å². The maximum Gasteiger partial charge on any atom is 0.128 e. The third kappa shape index (κ3) is 6.69. The summed E-state index contributed by atoms with van der Waals surface area (Å²) in [4.78, 5) is 0. The molecule has 1 N–H and O–H groups in total. The molecule has 0 aromatic heterocycles. The first kappa shape index (κ1) is 16.1. The average Bonchev–Trinajstić information content (AvgIpc) is 2.28. The molecule has 0 radical (unpaired) electrons. The van der Waals surface area contributed by atoms with Gasteiger partial charge in [-0.2, -0.15) is 0 Å². The van der Waals surface area contributed by atoms with Crippen LogP contribution >= 0.6 is 0 Å². The van der Waals surface area contributed by atoms with Crippen molar-refractivity contribution in [2.45, 2.75) is 53.4 Å². The molecule has 0 aliphatic rings. The van der Waals surface area contributed by atoms with E-state index in [9.17, 15) is 4.39 Å². The lowest BCUT2D eigenvalue weighted by Gasteiger charge is -2.20. The van der Waals surface area contributed by atoms with E-state index in [1.807, 2.05) is 32.9 Å². The normalized spacial score (nSPS) is 12.2. The van der Waals surface area contributed by atoms with Crippen molar-refractivity contribution in [2.24, 2.45) is 5.92 Å². The van der Waals surface area contributed by atoms with Gasteiger partial charge in [0.2, 0.25) is 0 Å². The van der Waals surface area contributed by atoms with Gasteiger partial charge in [-0.3, -0.25) is 0 Å². The number of nitrogens with one attached hydrogen (secondary N) is 1. The van der Waals surface area contributed by atoms with Crippen molar-refractivity contribution >= 4 is 0 Å². The fourth-order valence-corrected chi connectivity index (χ4v) is 1.65. The van der Waals surface area contributed by atoms with Crippen molar-refractivity contribution in [3.63, 3.8) is 0 Å². The third-order valence-electron chi connectivity index (χ3n) is 2.65. The molecule has 0 atom stereocenters. The summed E-state index contributed by atoms with van der Waals surface area (Å²) >= 11 is 0. The summed E-state index contributed by atoms with van der Waals surface area (Å²) in [6, 6.07) is 5.23. The van der Waals surface area contributed by atoms with E-state index in [1.165, 1.54) is 6.07 Å². The molecule has 0 amide bonds. The Hall–Kier alpha value is -0.930. The molecular weight excluding hydrogens is 241 g/mol. The van der Waals surface area contributed by atoms with Gasteiger partial charge in [-0.1, -0.05) is 19.9 Å². The second kappa shape index (κ2) is 7.01. The molecule has 1 rings (SSSR count). The molecule has 0 spiro atoms. The van der Waals surface area contributed by atoms with Crippen LogP contribution < -0.4 is 5.32 Å². The molecule has 0 heterocycles. The van der Waals surface area contributed by atoms with Gasteiger partial charge < -0.3 is 10.1 Å². The van der Waals surface area contributed by atoms with E-state index < -0.39 is 0 Å². The van der Waals surface area contributed by atoms with Crippen LogP contribution in [0.2, 0.25) is 0 Å². The van der Waals surface area contributed by atoms with E-state index in [0.29, 0.717) is 18.1 Å². The summed E-state index contributed by atoms with van der Waals surface area (Å²) in [6.07, 6.45) is 0. The molecule has 1 aromatic carbocycles. The minimum absolute atomic E-state index is 0.197. The van der Waals surface area contributed by atoms with Crippen molar-refractivity contribution < 1.29 is 9.13 Å². The number of halogens is 1. The summed E-state index contributed by atoms with van der Waals surface area (Å²) in [6.45, 7) is 12.3. The summed E-state index contributed by atoms with van der Waals surface area (Å²) in [7, 11) is 0. The molecule has 1 aromatic rings. The lowest BCUT2D eigenvalue weighted by atomic mass is 10.1. The van der Waals surface area contributed by atoms with Gasteiger partial charge in [-0.25, -0.2) is 4.39 Å². The van der Waals surface area contributed by atoms with Crippen LogP contribution in [0.15, 0.2) is 18.2 Å². The first-order chi connectivity index (χ1) is 8.78. The zero-order valence-corrected chi connectivity index (χ0v) is 12.7. The Labute approximate surface area is 116 Å². The average molecular weight is 267 g/mol. The van der Waals surface area contributed by atoms with Crippen LogP contribution in [0.1, 0.15) is 45.7 Å². The molecule has 0 aliphatic carbocycles. The first-order valence-electron chi connectivity index (χ1n) is 6.90. The summed E-state index contributed by atoms with van der Waals surface area (Å²) in [5.74, 6) is 0.418. The predicted octanol–water partition coefficient (Wildman–Crippen LogP) is 3.89. The molecular formula is C16H26FNO. The zero-order chi connectivity index (χ0) is 14.5. The molecule has 0 unspecified atom stereocenters. The lowest BCUT2D eigenvalue weighted by Crippen LogP contribution is -2.20. The Morgan fingerprint density at radius 2 is 1.95 bits per heavy atom. The Balaban J connectivity index is 2.61. The monoisotopic (exact) mass is 267 g/mol. The van der Waals surface area contributed by atoms with Crippen molar-refractivity contribution in [1.29, 1.82) is 0 Å². The number of ether oxygens (including phenoxy) is 1. The van der Waals surface area contributed by atoms with Crippen molar-refractivity contribution in [3.05, 3.63) is 35.1 Å². The van der Waals surface area contributed by atoms with Gasteiger partial charge in [0.15, 0.2) is 0 Å². The molecule has 108 valence electrons. The minimum Gasteiger partial charge on any atom is -0.371 e. The number of hydrogen-bond acceptors (Lipinski definition) is 2. The Morgan fingerprint density at radius 3 is 2.53 bits per heavy atom. The highest BCUT2D eigenvalue weighted by atomic mass is 19.1. The van der Waals surface area contributed by atoms with E-state index in [1.54, 1.807) is 0 Å². The Bertz CT molecular complexity index is 396. The van der Waals surface area contributed by atoms with E-state index >= 15 is 0 Å². The molecule has 0 aliphatic heterocycles. The molecule has 0 bridgehead atoms. The Kier molecular flexibility index (Phi) is 5.95. The standard InChI is InChI=1S/C16H26FNO/c1-12(2)9-18-10-13-6-7-15(17)14(8-13)11-19-16(3,4)5/h6-8,12,18H,9-11H2,1-5H3. The molecule has 19 heavy (non-hydrogen) atoms. The van der Waals surface area contributed by atoms with Gasteiger partial charge in [0.05, 0.1) is 12.2 Å². The lowest BCUT2D eigenvalue weighted by molar-refractivity contribution is -0.0161. The van der Waals surface area contributed by atoms with Crippen LogP contribution in [-0.4, -0.2) is 12.1 Å². The predicted molar refractivity (Wildman–Crippen MR) is 77.5 cm³/mol. The van der Waals surface area contributed by atoms with Crippen LogP contribution in [-0.2, 0) is 17.9 Å². The highest BCUT2D eigenvalue weighted by Gasteiger charge is 2.12. The van der Waals surface area contributed by atoms with Crippen LogP contribution in [0.5, 0.6) is 0 Å². The highest BCUT2D eigenvalue weighted by Crippen LogP contribution is 2.16. The number of rotatable bonds is 6. The van der Waals surface area contributed by atoms with Gasteiger partial charge in [0.1, 0.15) is 5.82 Å². The van der Waals surface area contributed by atoms with Crippen molar-refractivity contribution in [3.8, 4) is 0 Å². The van der Waals surface area contributed by atoms with E-state index in [-0.39, 0.29) is 11.4 Å². The Morgan fingerprint density at radius 1 is 1.26 bits per heavy atom. The van der Waals surface area contributed by atoms with Crippen LogP contribution in [0.3, 0.4) is 0 Å². The van der Waals surface area contributed by atoms with Crippen molar-refractivity contribution in [2.75, 3.05) is 6.54 Å². The third-order valence-corrected chi connectivity index (χ3v) is 2.65. The van der Waals surface area contributed by atoms with Gasteiger partial charge in [-0.05, 0) is 50.9 Å². The van der Waals surface area contributed by atoms with Crippen LogP contribution in [0, 0.1) is 11.7 Å². The topological polar surface area (TPSA) is 21.3 Å². The summed E-state index contributed by atoms with van der Waals surface area (Å²) < 4.78 is 19.3. The van der Waals surface area contributed by atoms with Crippen molar-refractivity contribution in [1.82, 2.24) is 5.32 Å². The minimum atomic E-state index is -0.252. The van der Waals surface area contributed by atoms with E-state index in [2.05, 4.69) is 19.2 Å². The molecule has 0 saturated heterocycles. The quantitative estimate of drug-likeness (QED) is 0.844. The highest BCUT2D eigenvalue weighted by molar-refractivity contribution is 5.24. The molecule has 3 heteroatoms. The summed E-state index contributed by atoms with van der Waals surface area (Å²) in [5, 5.41) is 3.36. The SMILES string of the molecule is CC(C)CNCc1ccc(F)c(COC(C)(C)C)c1.